The third kappa shape index (κ3) is 8.84. The number of alkyl carbamates (subject to hydrolysis) is 1. The number of hydrogen-bond donors (Lipinski definition) is 2. The molecule has 0 spiro atoms. The Morgan fingerprint density at radius 2 is 2.00 bits per heavy atom. The molecule has 0 heterocycles. The molecule has 0 aliphatic heterocycles. The van der Waals surface area contributed by atoms with Crippen LogP contribution in [-0.4, -0.2) is 43.8 Å². The van der Waals surface area contributed by atoms with Crippen LogP contribution in [0.15, 0.2) is 24.3 Å². The molecule has 0 radical (unpaired) electrons. The van der Waals surface area contributed by atoms with E-state index in [0.29, 0.717) is 16.8 Å². The van der Waals surface area contributed by atoms with Gasteiger partial charge in [-0.25, -0.2) is 0 Å². The average molecular weight is 407 g/mol. The van der Waals surface area contributed by atoms with Crippen LogP contribution < -0.4 is 9.78 Å². The van der Waals surface area contributed by atoms with Crippen LogP contribution in [0.2, 0.25) is 10.3 Å². The number of carboxylic acids is 1. The number of halogens is 1. The van der Waals surface area contributed by atoms with Crippen molar-refractivity contribution in [2.75, 3.05) is 0 Å². The van der Waals surface area contributed by atoms with Gasteiger partial charge in [-0.2, -0.15) is 0 Å². The first-order valence-electron chi connectivity index (χ1n) is 7.26. The fraction of sp³-hybridized carbons (Fsp3) is 0.500. The first-order chi connectivity index (χ1) is 10.7. The second-order valence-corrected chi connectivity index (χ2v) is 8.65. The van der Waals surface area contributed by atoms with Gasteiger partial charge in [-0.05, 0) is 0 Å². The summed E-state index contributed by atoms with van der Waals surface area (Å²) in [5.74, 6) is -0.883. The molecule has 23 heavy (non-hydrogen) atoms. The molecule has 1 aromatic rings. The maximum absolute atomic E-state index is 11.9. The van der Waals surface area contributed by atoms with E-state index >= 15 is 0 Å². The number of carboxylic acid groups (broad SMARTS) is 1. The third-order valence-electron chi connectivity index (χ3n) is 2.70. The van der Waals surface area contributed by atoms with Gasteiger partial charge in [0.05, 0.1) is 0 Å². The van der Waals surface area contributed by atoms with Crippen molar-refractivity contribution in [3.8, 4) is 0 Å². The van der Waals surface area contributed by atoms with Gasteiger partial charge in [0.2, 0.25) is 0 Å². The molecular formula is C16H22ClNO4Se. The summed E-state index contributed by atoms with van der Waals surface area (Å²) in [6.45, 7) is 5.35. The molecule has 2 N–H and O–H groups in total. The third-order valence-corrected chi connectivity index (χ3v) is 5.88. The number of hydrogen-bond acceptors (Lipinski definition) is 3. The van der Waals surface area contributed by atoms with Crippen molar-refractivity contribution in [3.63, 3.8) is 0 Å². The predicted octanol–water partition coefficient (Wildman–Crippen LogP) is 2.85. The molecule has 0 aromatic heterocycles. The van der Waals surface area contributed by atoms with Gasteiger partial charge >= 0.3 is 148 Å². The van der Waals surface area contributed by atoms with Gasteiger partial charge in [0.1, 0.15) is 0 Å². The van der Waals surface area contributed by atoms with Gasteiger partial charge in [-0.1, -0.05) is 0 Å². The number of ether oxygens (including phenoxy) is 1. The molecule has 0 saturated heterocycles. The number of rotatable bonds is 7. The van der Waals surface area contributed by atoms with Gasteiger partial charge in [-0.3, -0.25) is 0 Å². The predicted molar refractivity (Wildman–Crippen MR) is 91.7 cm³/mol. The van der Waals surface area contributed by atoms with Gasteiger partial charge < -0.3 is 0 Å². The molecule has 0 bridgehead atoms. The number of benzene rings is 1. The minimum atomic E-state index is -0.883. The minimum absolute atomic E-state index is 0.000926. The number of carbonyl (C=O) groups is 2. The molecular weight excluding hydrogens is 385 g/mol. The Hall–Kier alpha value is -1.23. The van der Waals surface area contributed by atoms with Crippen LogP contribution in [-0.2, 0) is 9.53 Å². The van der Waals surface area contributed by atoms with Crippen LogP contribution in [0.3, 0.4) is 0 Å². The molecule has 0 fully saturated rings. The number of carbonyl (C=O) groups excluding carboxylic acids is 1. The van der Waals surface area contributed by atoms with E-state index in [4.69, 9.17) is 21.4 Å². The Morgan fingerprint density at radius 1 is 1.35 bits per heavy atom. The van der Waals surface area contributed by atoms with Crippen LogP contribution in [0.5, 0.6) is 0 Å². The van der Waals surface area contributed by atoms with Crippen LogP contribution >= 0.6 is 11.6 Å². The summed E-state index contributed by atoms with van der Waals surface area (Å²) in [6.07, 6.45) is -0.164. The van der Waals surface area contributed by atoms with Crippen molar-refractivity contribution in [2.24, 2.45) is 0 Å². The number of nitrogens with one attached hydrogen (secondary N) is 1. The van der Waals surface area contributed by atoms with Crippen molar-refractivity contribution in [1.82, 2.24) is 5.32 Å². The number of aliphatic carboxylic acids is 1. The SMILES string of the molecule is CC(C)(C)OC(=O)N[C@@H](CCC(=O)O)C[Se]c1ccccc1Cl. The second kappa shape index (κ2) is 9.16. The summed E-state index contributed by atoms with van der Waals surface area (Å²) in [4.78, 5) is 22.7. The van der Waals surface area contributed by atoms with Gasteiger partial charge in [0.15, 0.2) is 0 Å². The van der Waals surface area contributed by atoms with E-state index in [-0.39, 0.29) is 27.4 Å². The van der Waals surface area contributed by atoms with Gasteiger partial charge in [0, 0.05) is 0 Å². The number of amides is 1. The van der Waals surface area contributed by atoms with E-state index in [9.17, 15) is 9.59 Å². The van der Waals surface area contributed by atoms with E-state index in [2.05, 4.69) is 5.32 Å². The van der Waals surface area contributed by atoms with E-state index in [0.717, 1.165) is 4.46 Å². The van der Waals surface area contributed by atoms with E-state index in [1.165, 1.54) is 0 Å². The summed E-state index contributed by atoms with van der Waals surface area (Å²) < 4.78 is 6.27. The Bertz CT molecular complexity index is 545. The van der Waals surface area contributed by atoms with E-state index in [1.807, 2.05) is 24.3 Å². The molecule has 0 aliphatic carbocycles. The fourth-order valence-electron chi connectivity index (χ4n) is 1.72. The zero-order valence-electron chi connectivity index (χ0n) is 13.5. The van der Waals surface area contributed by atoms with Crippen molar-refractivity contribution < 1.29 is 19.4 Å². The molecule has 0 unspecified atom stereocenters. The molecule has 7 heteroatoms. The molecule has 0 saturated carbocycles. The van der Waals surface area contributed by atoms with Crippen LogP contribution in [0.4, 0.5) is 4.79 Å². The summed E-state index contributed by atoms with van der Waals surface area (Å²) in [6, 6.07) is 7.30. The van der Waals surface area contributed by atoms with Crippen molar-refractivity contribution in [2.45, 2.75) is 50.6 Å². The quantitative estimate of drug-likeness (QED) is 0.683. The summed E-state index contributed by atoms with van der Waals surface area (Å²) >= 11 is 6.18. The maximum atomic E-state index is 11.9. The zero-order chi connectivity index (χ0) is 17.5. The Balaban J connectivity index is 2.63. The summed E-state index contributed by atoms with van der Waals surface area (Å²) in [5.41, 5.74) is -0.588. The molecule has 5 nitrogen and oxygen atoms in total. The first-order valence-corrected chi connectivity index (χ1v) is 9.70. The normalized spacial score (nSPS) is 12.5. The van der Waals surface area contributed by atoms with Gasteiger partial charge in [-0.15, -0.1) is 0 Å². The average Bonchev–Trinajstić information content (AvgIpc) is 2.41. The molecule has 1 atom stereocenters. The molecule has 1 rings (SSSR count). The van der Waals surface area contributed by atoms with Crippen molar-refractivity contribution >= 4 is 43.1 Å². The Labute approximate surface area is 147 Å². The second-order valence-electron chi connectivity index (χ2n) is 6.02. The zero-order valence-corrected chi connectivity index (χ0v) is 15.9. The monoisotopic (exact) mass is 407 g/mol. The standard InChI is InChI=1S/C16H22ClNO4Se/c1-16(2,3)22-15(21)18-11(8-9-14(19)20)10-23-13-7-5-4-6-12(13)17/h4-7,11H,8-10H2,1-3H3,(H,18,21)(H,19,20)/t11-/m0/s1. The Kier molecular flexibility index (Phi) is 7.89. The van der Waals surface area contributed by atoms with Crippen LogP contribution in [0, 0.1) is 0 Å². The fourth-order valence-corrected chi connectivity index (χ4v) is 4.26. The van der Waals surface area contributed by atoms with Crippen LogP contribution in [0.25, 0.3) is 0 Å². The van der Waals surface area contributed by atoms with Crippen molar-refractivity contribution in [3.05, 3.63) is 29.3 Å². The van der Waals surface area contributed by atoms with Gasteiger partial charge in [0.25, 0.3) is 0 Å². The van der Waals surface area contributed by atoms with Crippen LogP contribution in [0.1, 0.15) is 33.6 Å². The Morgan fingerprint density at radius 3 is 2.57 bits per heavy atom. The topological polar surface area (TPSA) is 75.6 Å². The molecule has 1 aromatic carbocycles. The molecule has 128 valence electrons. The molecule has 0 aliphatic rings. The first kappa shape index (κ1) is 19.8. The summed E-state index contributed by atoms with van der Waals surface area (Å²) in [5, 5.41) is 13.0. The van der Waals surface area contributed by atoms with Crippen molar-refractivity contribution in [1.29, 1.82) is 0 Å². The summed E-state index contributed by atoms with van der Waals surface area (Å²) in [7, 11) is 0. The van der Waals surface area contributed by atoms with E-state index in [1.54, 1.807) is 20.8 Å². The molecule has 1 amide bonds. The van der Waals surface area contributed by atoms with E-state index < -0.39 is 17.7 Å².